The second kappa shape index (κ2) is 8.16. The summed E-state index contributed by atoms with van der Waals surface area (Å²) in [5.74, 6) is 0.260. The molecule has 7 nitrogen and oxygen atoms in total. The zero-order chi connectivity index (χ0) is 19.4. The van der Waals surface area contributed by atoms with Gasteiger partial charge in [0.15, 0.2) is 0 Å². The zero-order valence-electron chi connectivity index (χ0n) is 15.9. The Balaban J connectivity index is 1.84. The fourth-order valence-corrected chi connectivity index (χ4v) is 3.25. The Bertz CT molecular complexity index is 853. The van der Waals surface area contributed by atoms with E-state index in [0.717, 1.165) is 25.2 Å². The average Bonchev–Trinajstić information content (AvgIpc) is 2.67. The summed E-state index contributed by atoms with van der Waals surface area (Å²) in [6.45, 7) is 5.83. The van der Waals surface area contributed by atoms with Gasteiger partial charge in [0.05, 0.1) is 18.4 Å². The van der Waals surface area contributed by atoms with Crippen LogP contribution in [0.4, 0.5) is 11.6 Å². The predicted octanol–water partition coefficient (Wildman–Crippen LogP) is 3.06. The lowest BCUT2D eigenvalue weighted by molar-refractivity contribution is 0.0602. The number of anilines is 2. The summed E-state index contributed by atoms with van der Waals surface area (Å²) < 4.78 is 4.77. The van der Waals surface area contributed by atoms with E-state index in [4.69, 9.17) is 4.74 Å². The SMILES string of the molecule is COC(=O)c1ccccc1NC(=O)c1cc(C)nc(N2CCCC(C)C2)n1. The fraction of sp³-hybridized carbons (Fsp3) is 0.400. The summed E-state index contributed by atoms with van der Waals surface area (Å²) in [6.07, 6.45) is 2.28. The second-order valence-electron chi connectivity index (χ2n) is 6.88. The van der Waals surface area contributed by atoms with Crippen molar-refractivity contribution in [2.45, 2.75) is 26.7 Å². The largest absolute Gasteiger partial charge is 0.465 e. The number of benzene rings is 1. The van der Waals surface area contributed by atoms with E-state index in [1.54, 1.807) is 30.3 Å². The predicted molar refractivity (Wildman–Crippen MR) is 103 cm³/mol. The number of hydrogen-bond donors (Lipinski definition) is 1. The van der Waals surface area contributed by atoms with Gasteiger partial charge in [0.2, 0.25) is 5.95 Å². The van der Waals surface area contributed by atoms with Crippen LogP contribution in [-0.4, -0.2) is 42.0 Å². The van der Waals surface area contributed by atoms with Crippen LogP contribution in [-0.2, 0) is 4.74 Å². The van der Waals surface area contributed by atoms with E-state index < -0.39 is 5.97 Å². The van der Waals surface area contributed by atoms with Gasteiger partial charge in [-0.25, -0.2) is 14.8 Å². The number of aryl methyl sites for hydroxylation is 1. The Morgan fingerprint density at radius 1 is 1.26 bits per heavy atom. The van der Waals surface area contributed by atoms with Gasteiger partial charge >= 0.3 is 5.97 Å². The molecular formula is C20H24N4O3. The molecular weight excluding hydrogens is 344 g/mol. The number of aromatic nitrogens is 2. The van der Waals surface area contributed by atoms with E-state index in [2.05, 4.69) is 27.1 Å². The molecule has 2 aromatic rings. The summed E-state index contributed by atoms with van der Waals surface area (Å²) in [5.41, 5.74) is 1.68. The highest BCUT2D eigenvalue weighted by atomic mass is 16.5. The van der Waals surface area contributed by atoms with Gasteiger partial charge in [0, 0.05) is 18.8 Å². The second-order valence-corrected chi connectivity index (χ2v) is 6.88. The number of ether oxygens (including phenoxy) is 1. The molecule has 1 fully saturated rings. The number of carbonyl (C=O) groups is 2. The minimum Gasteiger partial charge on any atom is -0.465 e. The normalized spacial score (nSPS) is 16.7. The molecule has 1 aromatic heterocycles. The molecule has 27 heavy (non-hydrogen) atoms. The van der Waals surface area contributed by atoms with Gasteiger partial charge in [-0.15, -0.1) is 0 Å². The molecule has 1 atom stereocenters. The Kier molecular flexibility index (Phi) is 5.69. The van der Waals surface area contributed by atoms with Crippen LogP contribution in [0.15, 0.2) is 30.3 Å². The van der Waals surface area contributed by atoms with E-state index >= 15 is 0 Å². The van der Waals surface area contributed by atoms with Gasteiger partial charge in [-0.3, -0.25) is 4.79 Å². The van der Waals surface area contributed by atoms with Crippen LogP contribution >= 0.6 is 0 Å². The van der Waals surface area contributed by atoms with Gasteiger partial charge in [-0.1, -0.05) is 19.1 Å². The van der Waals surface area contributed by atoms with E-state index in [0.29, 0.717) is 23.1 Å². The topological polar surface area (TPSA) is 84.4 Å². The van der Waals surface area contributed by atoms with Crippen molar-refractivity contribution in [3.8, 4) is 0 Å². The minimum atomic E-state index is -0.507. The smallest absolute Gasteiger partial charge is 0.339 e. The lowest BCUT2D eigenvalue weighted by Gasteiger charge is -2.31. The van der Waals surface area contributed by atoms with Crippen molar-refractivity contribution in [1.82, 2.24) is 9.97 Å². The molecule has 0 radical (unpaired) electrons. The Morgan fingerprint density at radius 2 is 2.04 bits per heavy atom. The number of amides is 1. The summed E-state index contributed by atoms with van der Waals surface area (Å²) in [4.78, 5) is 35.7. The van der Waals surface area contributed by atoms with Crippen LogP contribution in [0.25, 0.3) is 0 Å². The van der Waals surface area contributed by atoms with Gasteiger partial charge < -0.3 is 15.0 Å². The van der Waals surface area contributed by atoms with Gasteiger partial charge in [0.25, 0.3) is 5.91 Å². The first-order chi connectivity index (χ1) is 13.0. The number of para-hydroxylation sites is 1. The third-order valence-corrected chi connectivity index (χ3v) is 4.60. The molecule has 1 aliphatic rings. The molecule has 0 saturated carbocycles. The van der Waals surface area contributed by atoms with Crippen LogP contribution in [0, 0.1) is 12.8 Å². The van der Waals surface area contributed by atoms with Gasteiger partial charge in [-0.2, -0.15) is 0 Å². The van der Waals surface area contributed by atoms with E-state index in [9.17, 15) is 9.59 Å². The third-order valence-electron chi connectivity index (χ3n) is 4.60. The number of carbonyl (C=O) groups excluding carboxylic acids is 2. The van der Waals surface area contributed by atoms with Crippen LogP contribution in [0.1, 0.15) is 46.3 Å². The monoisotopic (exact) mass is 368 g/mol. The highest BCUT2D eigenvalue weighted by molar-refractivity contribution is 6.07. The van der Waals surface area contributed by atoms with Crippen molar-refractivity contribution in [2.24, 2.45) is 5.92 Å². The number of nitrogens with zero attached hydrogens (tertiary/aromatic N) is 3. The van der Waals surface area contributed by atoms with Crippen molar-refractivity contribution < 1.29 is 14.3 Å². The summed E-state index contributed by atoms with van der Waals surface area (Å²) >= 11 is 0. The van der Waals surface area contributed by atoms with E-state index in [1.165, 1.54) is 13.5 Å². The lowest BCUT2D eigenvalue weighted by atomic mass is 10.0. The van der Waals surface area contributed by atoms with Crippen molar-refractivity contribution in [3.05, 3.63) is 47.3 Å². The van der Waals surface area contributed by atoms with Crippen molar-refractivity contribution in [2.75, 3.05) is 30.4 Å². The average molecular weight is 368 g/mol. The molecule has 3 rings (SSSR count). The van der Waals surface area contributed by atoms with E-state index in [-0.39, 0.29) is 11.6 Å². The standard InChI is InChI=1S/C20H24N4O3/c1-13-7-6-10-24(12-13)20-21-14(2)11-17(23-20)18(25)22-16-9-5-4-8-15(16)19(26)27-3/h4-5,8-9,11,13H,6-7,10,12H2,1-3H3,(H,22,25). The number of rotatable bonds is 4. The molecule has 1 aromatic carbocycles. The van der Waals surface area contributed by atoms with Crippen molar-refractivity contribution in [1.29, 1.82) is 0 Å². The van der Waals surface area contributed by atoms with Crippen LogP contribution in [0.5, 0.6) is 0 Å². The van der Waals surface area contributed by atoms with Gasteiger partial charge in [-0.05, 0) is 43.9 Å². The molecule has 0 aliphatic carbocycles. The molecule has 1 unspecified atom stereocenters. The molecule has 0 spiro atoms. The first-order valence-corrected chi connectivity index (χ1v) is 9.07. The number of hydrogen-bond acceptors (Lipinski definition) is 6. The first-order valence-electron chi connectivity index (χ1n) is 9.07. The van der Waals surface area contributed by atoms with Crippen molar-refractivity contribution in [3.63, 3.8) is 0 Å². The van der Waals surface area contributed by atoms with E-state index in [1.807, 2.05) is 6.92 Å². The fourth-order valence-electron chi connectivity index (χ4n) is 3.25. The molecule has 7 heteroatoms. The summed E-state index contributed by atoms with van der Waals surface area (Å²) in [7, 11) is 1.31. The number of piperidine rings is 1. The quantitative estimate of drug-likeness (QED) is 0.835. The lowest BCUT2D eigenvalue weighted by Crippen LogP contribution is -2.36. The third kappa shape index (κ3) is 4.42. The Morgan fingerprint density at radius 3 is 2.78 bits per heavy atom. The molecule has 2 heterocycles. The minimum absolute atomic E-state index is 0.274. The molecule has 1 saturated heterocycles. The maximum Gasteiger partial charge on any atom is 0.339 e. The van der Waals surface area contributed by atoms with Crippen LogP contribution < -0.4 is 10.2 Å². The maximum absolute atomic E-state index is 12.8. The maximum atomic E-state index is 12.8. The Labute approximate surface area is 158 Å². The molecule has 0 bridgehead atoms. The number of nitrogens with one attached hydrogen (secondary N) is 1. The van der Waals surface area contributed by atoms with Crippen LogP contribution in [0.2, 0.25) is 0 Å². The number of methoxy groups -OCH3 is 1. The van der Waals surface area contributed by atoms with Gasteiger partial charge in [0.1, 0.15) is 5.69 Å². The molecule has 1 N–H and O–H groups in total. The van der Waals surface area contributed by atoms with Crippen LogP contribution in [0.3, 0.4) is 0 Å². The highest BCUT2D eigenvalue weighted by Gasteiger charge is 2.21. The number of esters is 1. The zero-order valence-corrected chi connectivity index (χ0v) is 15.9. The molecule has 142 valence electrons. The summed E-state index contributed by atoms with van der Waals surface area (Å²) in [6, 6.07) is 8.37. The van der Waals surface area contributed by atoms with Crippen molar-refractivity contribution >= 4 is 23.5 Å². The molecule has 1 amide bonds. The first kappa shape index (κ1) is 18.8. The molecule has 1 aliphatic heterocycles. The summed E-state index contributed by atoms with van der Waals surface area (Å²) in [5, 5.41) is 2.76. The Hall–Kier alpha value is -2.96. The highest BCUT2D eigenvalue weighted by Crippen LogP contribution is 2.21.